The molecule has 0 aliphatic rings. The summed E-state index contributed by atoms with van der Waals surface area (Å²) in [5.41, 5.74) is 0.0469. The summed E-state index contributed by atoms with van der Waals surface area (Å²) in [4.78, 5) is 22.5. The first-order chi connectivity index (χ1) is 7.67. The van der Waals surface area contributed by atoms with Crippen LogP contribution in [-0.2, 0) is 14.3 Å². The number of nitrogens with one attached hydrogen (secondary N) is 1. The van der Waals surface area contributed by atoms with Gasteiger partial charge >= 0.3 is 5.97 Å². The van der Waals surface area contributed by atoms with Crippen molar-refractivity contribution in [1.82, 2.24) is 5.32 Å². The minimum atomic E-state index is -1.01. The van der Waals surface area contributed by atoms with Gasteiger partial charge in [-0.05, 0) is 25.2 Å². The van der Waals surface area contributed by atoms with Gasteiger partial charge in [0, 0.05) is 7.11 Å². The number of carbonyl (C=O) groups excluding carboxylic acids is 1. The molecule has 0 heterocycles. The Morgan fingerprint density at radius 3 is 2.24 bits per heavy atom. The fourth-order valence-corrected chi connectivity index (χ4v) is 1.23. The fourth-order valence-electron chi connectivity index (χ4n) is 1.23. The monoisotopic (exact) mass is 245 g/mol. The molecule has 0 saturated heterocycles. The van der Waals surface area contributed by atoms with Crippen LogP contribution in [0.2, 0.25) is 0 Å². The van der Waals surface area contributed by atoms with Gasteiger partial charge < -0.3 is 15.2 Å². The molecule has 0 radical (unpaired) electrons. The lowest BCUT2D eigenvalue weighted by atomic mass is 9.88. The summed E-state index contributed by atoms with van der Waals surface area (Å²) >= 11 is 0. The summed E-state index contributed by atoms with van der Waals surface area (Å²) < 4.78 is 4.83. The van der Waals surface area contributed by atoms with Crippen LogP contribution < -0.4 is 5.32 Å². The molecule has 0 aliphatic heterocycles. The van der Waals surface area contributed by atoms with Crippen LogP contribution in [0.3, 0.4) is 0 Å². The van der Waals surface area contributed by atoms with Crippen LogP contribution >= 0.6 is 0 Å². The maximum absolute atomic E-state index is 11.5. The van der Waals surface area contributed by atoms with Crippen molar-refractivity contribution in [3.8, 4) is 0 Å². The summed E-state index contributed by atoms with van der Waals surface area (Å²) in [6.45, 7) is 7.68. The number of carboxylic acids is 1. The van der Waals surface area contributed by atoms with Crippen molar-refractivity contribution in [2.75, 3.05) is 7.11 Å². The van der Waals surface area contributed by atoms with Crippen LogP contribution in [0.4, 0.5) is 0 Å². The maximum atomic E-state index is 11.5. The quantitative estimate of drug-likeness (QED) is 0.742. The van der Waals surface area contributed by atoms with Gasteiger partial charge in [-0.3, -0.25) is 4.79 Å². The molecule has 0 aromatic carbocycles. The fraction of sp³-hybridized carbons (Fsp3) is 0.833. The van der Waals surface area contributed by atoms with E-state index >= 15 is 0 Å². The van der Waals surface area contributed by atoms with Crippen LogP contribution in [0.5, 0.6) is 0 Å². The predicted molar refractivity (Wildman–Crippen MR) is 64.7 cm³/mol. The molecule has 100 valence electrons. The number of rotatable bonds is 6. The number of hydrogen-bond donors (Lipinski definition) is 2. The highest BCUT2D eigenvalue weighted by atomic mass is 16.5. The summed E-state index contributed by atoms with van der Waals surface area (Å²) in [5, 5.41) is 11.5. The first-order valence-electron chi connectivity index (χ1n) is 5.73. The minimum Gasteiger partial charge on any atom is -0.480 e. The molecule has 0 fully saturated rings. The number of hydrogen-bond acceptors (Lipinski definition) is 3. The van der Waals surface area contributed by atoms with Crippen LogP contribution in [-0.4, -0.2) is 36.2 Å². The standard InChI is InChI=1S/C12H23NO4/c1-8(17-5)10(14)13-9(11(15)16)6-7-12(2,3)4/h8-9H,6-7H2,1-5H3,(H,13,14)(H,15,16). The molecule has 0 aromatic rings. The highest BCUT2D eigenvalue weighted by Crippen LogP contribution is 2.21. The number of amides is 1. The van der Waals surface area contributed by atoms with Gasteiger partial charge in [-0.15, -0.1) is 0 Å². The van der Waals surface area contributed by atoms with E-state index in [2.05, 4.69) is 5.32 Å². The van der Waals surface area contributed by atoms with Crippen LogP contribution in [0.25, 0.3) is 0 Å². The molecule has 1 amide bonds. The van der Waals surface area contributed by atoms with Crippen molar-refractivity contribution >= 4 is 11.9 Å². The Labute approximate surface area is 103 Å². The van der Waals surface area contributed by atoms with E-state index < -0.39 is 24.0 Å². The Morgan fingerprint density at radius 2 is 1.88 bits per heavy atom. The van der Waals surface area contributed by atoms with Gasteiger partial charge in [0.2, 0.25) is 5.91 Å². The van der Waals surface area contributed by atoms with Gasteiger partial charge in [-0.1, -0.05) is 20.8 Å². The number of carboxylic acid groups (broad SMARTS) is 1. The van der Waals surface area contributed by atoms with Crippen molar-refractivity contribution in [3.05, 3.63) is 0 Å². The van der Waals surface area contributed by atoms with Crippen LogP contribution in [0, 0.1) is 5.41 Å². The predicted octanol–water partition coefficient (Wildman–Crippen LogP) is 1.42. The molecule has 0 rings (SSSR count). The molecule has 0 spiro atoms. The molecule has 2 N–H and O–H groups in total. The second kappa shape index (κ2) is 6.59. The largest absolute Gasteiger partial charge is 0.480 e. The molecule has 0 bridgehead atoms. The Morgan fingerprint density at radius 1 is 1.35 bits per heavy atom. The van der Waals surface area contributed by atoms with Gasteiger partial charge in [-0.2, -0.15) is 0 Å². The Bertz CT molecular complexity index is 270. The zero-order valence-electron chi connectivity index (χ0n) is 11.2. The van der Waals surface area contributed by atoms with E-state index in [9.17, 15) is 9.59 Å². The van der Waals surface area contributed by atoms with E-state index in [1.54, 1.807) is 6.92 Å². The number of methoxy groups -OCH3 is 1. The lowest BCUT2D eigenvalue weighted by Gasteiger charge is -2.22. The number of ether oxygens (including phenoxy) is 1. The van der Waals surface area contributed by atoms with E-state index in [1.165, 1.54) is 7.11 Å². The van der Waals surface area contributed by atoms with E-state index in [-0.39, 0.29) is 5.41 Å². The van der Waals surface area contributed by atoms with Crippen molar-refractivity contribution < 1.29 is 19.4 Å². The number of carbonyl (C=O) groups is 2. The summed E-state index contributed by atoms with van der Waals surface area (Å²) in [5.74, 6) is -1.40. The highest BCUT2D eigenvalue weighted by molar-refractivity contribution is 5.85. The van der Waals surface area contributed by atoms with Gasteiger partial charge in [-0.25, -0.2) is 4.79 Å². The third-order valence-corrected chi connectivity index (χ3v) is 2.52. The third kappa shape index (κ3) is 6.94. The smallest absolute Gasteiger partial charge is 0.326 e. The SMILES string of the molecule is COC(C)C(=O)NC(CCC(C)(C)C)C(=O)O. The molecule has 5 heteroatoms. The Balaban J connectivity index is 4.35. The molecule has 0 aromatic heterocycles. The summed E-state index contributed by atoms with van der Waals surface area (Å²) in [6.07, 6.45) is 0.513. The van der Waals surface area contributed by atoms with Crippen molar-refractivity contribution in [1.29, 1.82) is 0 Å². The third-order valence-electron chi connectivity index (χ3n) is 2.52. The van der Waals surface area contributed by atoms with Gasteiger partial charge in [0.1, 0.15) is 12.1 Å². The lowest BCUT2D eigenvalue weighted by Crippen LogP contribution is -2.45. The molecular weight excluding hydrogens is 222 g/mol. The van der Waals surface area contributed by atoms with Crippen molar-refractivity contribution in [3.63, 3.8) is 0 Å². The van der Waals surface area contributed by atoms with E-state index in [1.807, 2.05) is 20.8 Å². The highest BCUT2D eigenvalue weighted by Gasteiger charge is 2.24. The second-order valence-electron chi connectivity index (χ2n) is 5.38. The number of aliphatic carboxylic acids is 1. The van der Waals surface area contributed by atoms with Gasteiger partial charge in [0.15, 0.2) is 0 Å². The minimum absolute atomic E-state index is 0.0469. The second-order valence-corrected chi connectivity index (χ2v) is 5.38. The molecule has 17 heavy (non-hydrogen) atoms. The summed E-state index contributed by atoms with van der Waals surface area (Å²) in [6, 6.07) is -0.848. The maximum Gasteiger partial charge on any atom is 0.326 e. The van der Waals surface area contributed by atoms with Crippen molar-refractivity contribution in [2.45, 2.75) is 52.7 Å². The van der Waals surface area contributed by atoms with Gasteiger partial charge in [0.05, 0.1) is 0 Å². The molecule has 2 unspecified atom stereocenters. The van der Waals surface area contributed by atoms with E-state index in [0.29, 0.717) is 6.42 Å². The lowest BCUT2D eigenvalue weighted by molar-refractivity contribution is -0.144. The average molecular weight is 245 g/mol. The zero-order valence-corrected chi connectivity index (χ0v) is 11.2. The first-order valence-corrected chi connectivity index (χ1v) is 5.73. The van der Waals surface area contributed by atoms with E-state index in [4.69, 9.17) is 9.84 Å². The van der Waals surface area contributed by atoms with Gasteiger partial charge in [0.25, 0.3) is 0 Å². The Hall–Kier alpha value is -1.10. The molecular formula is C12H23NO4. The molecule has 5 nitrogen and oxygen atoms in total. The molecule has 0 saturated carbocycles. The Kier molecular flexibility index (Phi) is 6.16. The van der Waals surface area contributed by atoms with Crippen LogP contribution in [0.1, 0.15) is 40.5 Å². The topological polar surface area (TPSA) is 75.6 Å². The normalized spacial score (nSPS) is 15.1. The first kappa shape index (κ1) is 15.9. The van der Waals surface area contributed by atoms with Crippen LogP contribution in [0.15, 0.2) is 0 Å². The average Bonchev–Trinajstić information content (AvgIpc) is 2.20. The zero-order chi connectivity index (χ0) is 13.6. The summed E-state index contributed by atoms with van der Waals surface area (Å²) in [7, 11) is 1.41. The molecule has 2 atom stereocenters. The van der Waals surface area contributed by atoms with E-state index in [0.717, 1.165) is 6.42 Å². The molecule has 0 aliphatic carbocycles. The van der Waals surface area contributed by atoms with Crippen molar-refractivity contribution in [2.24, 2.45) is 5.41 Å².